The van der Waals surface area contributed by atoms with Crippen LogP contribution in [0, 0.1) is 11.8 Å². The zero-order chi connectivity index (χ0) is 21.0. The summed E-state index contributed by atoms with van der Waals surface area (Å²) in [5.41, 5.74) is 0.858. The Hall–Kier alpha value is -2.70. The molecule has 3 aliphatic heterocycles. The monoisotopic (exact) mass is 423 g/mol. The van der Waals surface area contributed by atoms with Crippen LogP contribution >= 0.6 is 11.6 Å². The molecule has 2 aromatic rings. The van der Waals surface area contributed by atoms with Gasteiger partial charge in [0.15, 0.2) is 0 Å². The Kier molecular flexibility index (Phi) is 4.45. The summed E-state index contributed by atoms with van der Waals surface area (Å²) < 4.78 is 0. The van der Waals surface area contributed by atoms with Gasteiger partial charge in [0.05, 0.1) is 17.5 Å². The van der Waals surface area contributed by atoms with Gasteiger partial charge in [0.25, 0.3) is 5.91 Å². The van der Waals surface area contributed by atoms with Crippen LogP contribution in [-0.4, -0.2) is 36.2 Å². The number of anilines is 2. The van der Waals surface area contributed by atoms with E-state index in [-0.39, 0.29) is 23.8 Å². The molecule has 3 heterocycles. The van der Waals surface area contributed by atoms with Crippen molar-refractivity contribution in [2.75, 3.05) is 22.2 Å². The molecule has 154 valence electrons. The van der Waals surface area contributed by atoms with E-state index in [0.717, 1.165) is 11.3 Å². The van der Waals surface area contributed by atoms with E-state index in [0.29, 0.717) is 24.5 Å². The van der Waals surface area contributed by atoms with E-state index in [1.165, 1.54) is 4.90 Å². The van der Waals surface area contributed by atoms with Crippen LogP contribution in [0.4, 0.5) is 11.4 Å². The molecule has 1 N–H and O–H groups in total. The number of para-hydroxylation sites is 2. The summed E-state index contributed by atoms with van der Waals surface area (Å²) >= 11 is 5.89. The summed E-state index contributed by atoms with van der Waals surface area (Å²) in [6.07, 6.45) is 0.643. The van der Waals surface area contributed by atoms with Gasteiger partial charge >= 0.3 is 0 Å². The van der Waals surface area contributed by atoms with Gasteiger partial charge in [-0.15, -0.1) is 11.6 Å². The molecule has 5 rings (SSSR count). The standard InChI is InChI=1S/C23H22ClN3O3/c1-14-18-19(21(29)27(20(18)28)15-8-3-2-4-9-15)23(25-14)16-10-5-6-11-17(16)26(22(23)30)13-7-12-24/h2-6,8-11,14,18-19,25H,7,12-13H2,1H3/t14-,18-,19+,23+/m1/s1. The van der Waals surface area contributed by atoms with Crippen LogP contribution in [0.3, 0.4) is 0 Å². The highest BCUT2D eigenvalue weighted by Crippen LogP contribution is 2.54. The average molecular weight is 424 g/mol. The minimum atomic E-state index is -1.23. The first-order valence-electron chi connectivity index (χ1n) is 10.2. The van der Waals surface area contributed by atoms with E-state index in [4.69, 9.17) is 11.6 Å². The number of carbonyl (C=O) groups is 3. The predicted octanol–water partition coefficient (Wildman–Crippen LogP) is 2.65. The molecule has 6 nitrogen and oxygen atoms in total. The summed E-state index contributed by atoms with van der Waals surface area (Å²) in [6.45, 7) is 2.35. The lowest BCUT2D eigenvalue weighted by Gasteiger charge is -2.30. The number of benzene rings is 2. The highest BCUT2D eigenvalue weighted by atomic mass is 35.5. The van der Waals surface area contributed by atoms with Crippen molar-refractivity contribution in [3.8, 4) is 0 Å². The van der Waals surface area contributed by atoms with Gasteiger partial charge in [0.2, 0.25) is 11.8 Å². The Morgan fingerprint density at radius 3 is 2.43 bits per heavy atom. The fourth-order valence-electron chi connectivity index (χ4n) is 5.38. The Bertz CT molecular complexity index is 1040. The third kappa shape index (κ3) is 2.38. The molecule has 3 amide bonds. The Balaban J connectivity index is 1.64. The average Bonchev–Trinajstić information content (AvgIpc) is 3.30. The zero-order valence-corrected chi connectivity index (χ0v) is 17.3. The van der Waals surface area contributed by atoms with Crippen LogP contribution in [0.15, 0.2) is 54.6 Å². The van der Waals surface area contributed by atoms with Crippen LogP contribution in [0.2, 0.25) is 0 Å². The minimum Gasteiger partial charge on any atom is -0.310 e. The third-order valence-electron chi connectivity index (χ3n) is 6.54. The Labute approximate surface area is 179 Å². The maximum Gasteiger partial charge on any atom is 0.252 e. The summed E-state index contributed by atoms with van der Waals surface area (Å²) in [4.78, 5) is 43.8. The predicted molar refractivity (Wildman–Crippen MR) is 114 cm³/mol. The molecule has 0 unspecified atom stereocenters. The van der Waals surface area contributed by atoms with Gasteiger partial charge in [-0.2, -0.15) is 0 Å². The van der Waals surface area contributed by atoms with Crippen LogP contribution < -0.4 is 15.1 Å². The first-order chi connectivity index (χ1) is 14.5. The first kappa shape index (κ1) is 19.3. The van der Waals surface area contributed by atoms with Crippen molar-refractivity contribution in [3.05, 3.63) is 60.2 Å². The highest BCUT2D eigenvalue weighted by Gasteiger charge is 2.70. The number of amides is 3. The van der Waals surface area contributed by atoms with Gasteiger partial charge in [-0.05, 0) is 31.5 Å². The molecule has 30 heavy (non-hydrogen) atoms. The largest absolute Gasteiger partial charge is 0.310 e. The van der Waals surface area contributed by atoms with E-state index in [1.807, 2.05) is 37.3 Å². The number of alkyl halides is 1. The molecule has 4 atom stereocenters. The van der Waals surface area contributed by atoms with E-state index in [2.05, 4.69) is 5.32 Å². The van der Waals surface area contributed by atoms with Crippen molar-refractivity contribution in [1.29, 1.82) is 0 Å². The van der Waals surface area contributed by atoms with Crippen LogP contribution in [0.5, 0.6) is 0 Å². The normalized spacial score (nSPS) is 29.8. The maximum absolute atomic E-state index is 13.8. The second-order valence-electron chi connectivity index (χ2n) is 8.11. The van der Waals surface area contributed by atoms with Gasteiger partial charge in [0, 0.05) is 29.7 Å². The Morgan fingerprint density at radius 1 is 1.00 bits per heavy atom. The molecule has 0 saturated carbocycles. The highest BCUT2D eigenvalue weighted by molar-refractivity contribution is 6.26. The van der Waals surface area contributed by atoms with Crippen LogP contribution in [0.25, 0.3) is 0 Å². The molecule has 2 fully saturated rings. The van der Waals surface area contributed by atoms with Gasteiger partial charge in [-0.3, -0.25) is 19.7 Å². The van der Waals surface area contributed by atoms with Gasteiger partial charge < -0.3 is 4.90 Å². The number of halogens is 1. The van der Waals surface area contributed by atoms with Crippen molar-refractivity contribution in [2.24, 2.45) is 11.8 Å². The van der Waals surface area contributed by atoms with Crippen molar-refractivity contribution in [1.82, 2.24) is 5.32 Å². The van der Waals surface area contributed by atoms with Gasteiger partial charge in [-0.1, -0.05) is 36.4 Å². The molecule has 1 spiro atoms. The second-order valence-corrected chi connectivity index (χ2v) is 8.49. The molecule has 3 aliphatic rings. The summed E-state index contributed by atoms with van der Waals surface area (Å²) in [5.74, 6) is -1.69. The summed E-state index contributed by atoms with van der Waals surface area (Å²) in [7, 11) is 0. The minimum absolute atomic E-state index is 0.177. The Morgan fingerprint density at radius 2 is 1.70 bits per heavy atom. The fraction of sp³-hybridized carbons (Fsp3) is 0.348. The van der Waals surface area contributed by atoms with E-state index < -0.39 is 17.4 Å². The SMILES string of the molecule is C[C@H]1N[C@]2(C(=O)N(CCCCl)c3ccccc32)[C@@H]2C(=O)N(c3ccccc3)C(=O)[C@@H]21. The molecule has 0 aromatic heterocycles. The van der Waals surface area contributed by atoms with Crippen LogP contribution in [-0.2, 0) is 19.9 Å². The number of rotatable bonds is 4. The van der Waals surface area contributed by atoms with Gasteiger partial charge in [-0.25, -0.2) is 4.90 Å². The molecule has 7 heteroatoms. The van der Waals surface area contributed by atoms with E-state index in [1.54, 1.807) is 29.2 Å². The molecular formula is C23H22ClN3O3. The quantitative estimate of drug-likeness (QED) is 0.606. The smallest absolute Gasteiger partial charge is 0.252 e. The molecule has 0 bridgehead atoms. The number of nitrogens with one attached hydrogen (secondary N) is 1. The number of carbonyl (C=O) groups excluding carboxylic acids is 3. The number of nitrogens with zero attached hydrogens (tertiary/aromatic N) is 2. The van der Waals surface area contributed by atoms with Crippen molar-refractivity contribution >= 4 is 40.7 Å². The lowest BCUT2D eigenvalue weighted by Crippen LogP contribution is -2.55. The molecule has 2 aromatic carbocycles. The first-order valence-corrected chi connectivity index (χ1v) is 10.7. The molecule has 0 radical (unpaired) electrons. The van der Waals surface area contributed by atoms with Crippen molar-refractivity contribution < 1.29 is 14.4 Å². The fourth-order valence-corrected chi connectivity index (χ4v) is 5.50. The van der Waals surface area contributed by atoms with Crippen molar-refractivity contribution in [2.45, 2.75) is 24.9 Å². The maximum atomic E-state index is 13.8. The summed E-state index contributed by atoms with van der Waals surface area (Å²) in [6, 6.07) is 16.2. The molecule has 2 saturated heterocycles. The summed E-state index contributed by atoms with van der Waals surface area (Å²) in [5, 5.41) is 3.38. The number of fused-ring (bicyclic) bond motifs is 4. The zero-order valence-electron chi connectivity index (χ0n) is 16.5. The number of imide groups is 1. The lowest BCUT2D eigenvalue weighted by atomic mass is 9.76. The van der Waals surface area contributed by atoms with E-state index >= 15 is 0 Å². The van der Waals surface area contributed by atoms with Crippen molar-refractivity contribution in [3.63, 3.8) is 0 Å². The number of hydrogen-bond donors (Lipinski definition) is 1. The third-order valence-corrected chi connectivity index (χ3v) is 6.81. The van der Waals surface area contributed by atoms with Crippen LogP contribution in [0.1, 0.15) is 18.9 Å². The number of hydrogen-bond acceptors (Lipinski definition) is 4. The van der Waals surface area contributed by atoms with E-state index in [9.17, 15) is 14.4 Å². The lowest BCUT2D eigenvalue weighted by molar-refractivity contribution is -0.132. The molecular weight excluding hydrogens is 402 g/mol. The van der Waals surface area contributed by atoms with Gasteiger partial charge in [0.1, 0.15) is 5.54 Å². The second kappa shape index (κ2) is 6.93. The molecule has 0 aliphatic carbocycles. The topological polar surface area (TPSA) is 69.7 Å².